The van der Waals surface area contributed by atoms with Crippen LogP contribution in [-0.4, -0.2) is 29.7 Å². The van der Waals surface area contributed by atoms with E-state index in [0.717, 1.165) is 32.5 Å². The molecule has 1 aromatic rings. The molecule has 20 heavy (non-hydrogen) atoms. The highest BCUT2D eigenvalue weighted by Crippen LogP contribution is 2.47. The molecule has 0 saturated carbocycles. The maximum absolute atomic E-state index is 9.68. The van der Waals surface area contributed by atoms with E-state index in [1.807, 2.05) is 0 Å². The van der Waals surface area contributed by atoms with Crippen LogP contribution in [0.5, 0.6) is 0 Å². The van der Waals surface area contributed by atoms with Crippen molar-refractivity contribution in [2.45, 2.75) is 33.2 Å². The van der Waals surface area contributed by atoms with Crippen LogP contribution in [0.1, 0.15) is 32.3 Å². The van der Waals surface area contributed by atoms with Gasteiger partial charge in [-0.05, 0) is 29.2 Å². The third-order valence-corrected chi connectivity index (χ3v) is 4.68. The zero-order valence-corrected chi connectivity index (χ0v) is 12.6. The van der Waals surface area contributed by atoms with Crippen LogP contribution in [0.15, 0.2) is 42.0 Å². The van der Waals surface area contributed by atoms with Gasteiger partial charge in [-0.2, -0.15) is 0 Å². The summed E-state index contributed by atoms with van der Waals surface area (Å²) in [6, 6.07) is 10.7. The Hall–Kier alpha value is -1.12. The van der Waals surface area contributed by atoms with E-state index in [4.69, 9.17) is 0 Å². The van der Waals surface area contributed by atoms with Crippen molar-refractivity contribution in [2.75, 3.05) is 19.7 Å². The van der Waals surface area contributed by atoms with Gasteiger partial charge in [0, 0.05) is 26.2 Å². The molecule has 2 atom stereocenters. The number of aliphatic hydroxyl groups is 1. The smallest absolute Gasteiger partial charge is 0.0488 e. The second-order valence-electron chi connectivity index (χ2n) is 7.41. The summed E-state index contributed by atoms with van der Waals surface area (Å²) in [6.07, 6.45) is 4.61. The summed E-state index contributed by atoms with van der Waals surface area (Å²) in [5.41, 5.74) is 3.20. The molecule has 2 heteroatoms. The number of hydrogen-bond donors (Lipinski definition) is 1. The van der Waals surface area contributed by atoms with Crippen LogP contribution in [0.3, 0.4) is 0 Å². The third-order valence-electron chi connectivity index (χ3n) is 4.68. The molecule has 1 aliphatic carbocycles. The quantitative estimate of drug-likeness (QED) is 0.853. The molecule has 108 valence electrons. The van der Waals surface area contributed by atoms with Gasteiger partial charge >= 0.3 is 0 Å². The van der Waals surface area contributed by atoms with Crippen LogP contribution >= 0.6 is 0 Å². The number of aliphatic hydroxyl groups excluding tert-OH is 1. The van der Waals surface area contributed by atoms with Crippen molar-refractivity contribution in [3.63, 3.8) is 0 Å². The number of benzene rings is 1. The molecule has 1 aromatic carbocycles. The molecular weight excluding hydrogens is 246 g/mol. The maximum atomic E-state index is 9.68. The molecular formula is C18H25NO. The lowest BCUT2D eigenvalue weighted by atomic mass is 9.63. The summed E-state index contributed by atoms with van der Waals surface area (Å²) in [5, 5.41) is 9.68. The number of likely N-dealkylation sites (tertiary alicyclic amines) is 1. The Morgan fingerprint density at radius 2 is 1.95 bits per heavy atom. The second kappa shape index (κ2) is 5.01. The van der Waals surface area contributed by atoms with Gasteiger partial charge in [0.15, 0.2) is 0 Å². The molecule has 1 heterocycles. The first-order chi connectivity index (χ1) is 9.50. The average molecular weight is 271 g/mol. The molecule has 0 saturated heterocycles. The number of nitrogens with zero attached hydrogens (tertiary/aromatic N) is 1. The second-order valence-corrected chi connectivity index (χ2v) is 7.41. The van der Waals surface area contributed by atoms with Crippen LogP contribution in [0.4, 0.5) is 0 Å². The molecule has 1 aliphatic heterocycles. The summed E-state index contributed by atoms with van der Waals surface area (Å²) >= 11 is 0. The van der Waals surface area contributed by atoms with E-state index in [2.05, 4.69) is 55.2 Å². The Labute approximate surface area is 122 Å². The lowest BCUT2D eigenvalue weighted by molar-refractivity contribution is 0.0468. The van der Waals surface area contributed by atoms with E-state index >= 15 is 0 Å². The summed E-state index contributed by atoms with van der Waals surface area (Å²) in [7, 11) is 0. The molecule has 0 aromatic heterocycles. The minimum absolute atomic E-state index is 0.0810. The maximum Gasteiger partial charge on any atom is 0.0488 e. The van der Waals surface area contributed by atoms with Crippen molar-refractivity contribution in [1.82, 2.24) is 4.90 Å². The number of fused-ring (bicyclic) bond motifs is 1. The van der Waals surface area contributed by atoms with Crippen LogP contribution < -0.4 is 0 Å². The van der Waals surface area contributed by atoms with Crippen LogP contribution in [-0.2, 0) is 6.54 Å². The van der Waals surface area contributed by atoms with Gasteiger partial charge in [0.1, 0.15) is 0 Å². The van der Waals surface area contributed by atoms with Crippen molar-refractivity contribution >= 4 is 0 Å². The third kappa shape index (κ3) is 2.82. The highest BCUT2D eigenvalue weighted by Gasteiger charge is 2.42. The molecule has 1 unspecified atom stereocenters. The molecule has 2 aliphatic rings. The molecule has 0 spiro atoms. The van der Waals surface area contributed by atoms with E-state index in [9.17, 15) is 5.11 Å². The monoisotopic (exact) mass is 271 g/mol. The van der Waals surface area contributed by atoms with Crippen molar-refractivity contribution in [2.24, 2.45) is 10.8 Å². The van der Waals surface area contributed by atoms with Gasteiger partial charge in [0.25, 0.3) is 0 Å². The van der Waals surface area contributed by atoms with Crippen molar-refractivity contribution in [1.29, 1.82) is 0 Å². The fraction of sp³-hybridized carbons (Fsp3) is 0.556. The van der Waals surface area contributed by atoms with Gasteiger partial charge in [-0.3, -0.25) is 4.90 Å². The van der Waals surface area contributed by atoms with Crippen molar-refractivity contribution < 1.29 is 5.11 Å². The van der Waals surface area contributed by atoms with E-state index in [1.165, 1.54) is 11.1 Å². The van der Waals surface area contributed by atoms with Crippen LogP contribution in [0.25, 0.3) is 0 Å². The van der Waals surface area contributed by atoms with Gasteiger partial charge in [-0.15, -0.1) is 0 Å². The summed E-state index contributed by atoms with van der Waals surface area (Å²) in [5.74, 6) is 0. The normalized spacial score (nSPS) is 33.9. The average Bonchev–Trinajstić information content (AvgIpc) is 2.37. The fourth-order valence-corrected chi connectivity index (χ4v) is 4.30. The zero-order valence-electron chi connectivity index (χ0n) is 12.6. The predicted molar refractivity (Wildman–Crippen MR) is 82.3 cm³/mol. The summed E-state index contributed by atoms with van der Waals surface area (Å²) in [4.78, 5) is 2.56. The summed E-state index contributed by atoms with van der Waals surface area (Å²) < 4.78 is 0. The van der Waals surface area contributed by atoms with Crippen molar-refractivity contribution in [3.8, 4) is 0 Å². The fourth-order valence-electron chi connectivity index (χ4n) is 4.30. The first-order valence-corrected chi connectivity index (χ1v) is 7.58. The first kappa shape index (κ1) is 13.8. The Balaban J connectivity index is 1.74. The van der Waals surface area contributed by atoms with Crippen LogP contribution in [0.2, 0.25) is 0 Å². The molecule has 0 amide bonds. The Morgan fingerprint density at radius 3 is 2.60 bits per heavy atom. The number of rotatable bonds is 3. The van der Waals surface area contributed by atoms with Gasteiger partial charge in [0.05, 0.1) is 0 Å². The van der Waals surface area contributed by atoms with Gasteiger partial charge in [-0.1, -0.05) is 55.8 Å². The molecule has 2 nitrogen and oxygen atoms in total. The Bertz CT molecular complexity index is 509. The molecule has 0 fully saturated rings. The minimum atomic E-state index is 0.0810. The van der Waals surface area contributed by atoms with Crippen molar-refractivity contribution in [3.05, 3.63) is 47.5 Å². The summed E-state index contributed by atoms with van der Waals surface area (Å²) in [6.45, 7) is 8.06. The standard InChI is InChI=1S/C18H25NO/c1-17-8-16(9-18(2,12-17)14-20)11-19(13-17)10-15-6-4-3-5-7-15/h3-8,20H,9-14H2,1-2H3/t17?,18-/m1/s1. The van der Waals surface area contributed by atoms with E-state index in [0.29, 0.717) is 6.61 Å². The first-order valence-electron chi connectivity index (χ1n) is 7.58. The molecule has 2 bridgehead atoms. The molecule has 1 N–H and O–H groups in total. The minimum Gasteiger partial charge on any atom is -0.396 e. The highest BCUT2D eigenvalue weighted by molar-refractivity contribution is 5.23. The Kier molecular flexibility index (Phi) is 3.47. The highest BCUT2D eigenvalue weighted by atomic mass is 16.3. The van der Waals surface area contributed by atoms with E-state index in [-0.39, 0.29) is 10.8 Å². The van der Waals surface area contributed by atoms with Gasteiger partial charge < -0.3 is 5.11 Å². The van der Waals surface area contributed by atoms with Gasteiger partial charge in [0.2, 0.25) is 0 Å². The zero-order chi connectivity index (χ0) is 14.2. The Morgan fingerprint density at radius 1 is 1.20 bits per heavy atom. The molecule has 3 rings (SSSR count). The SMILES string of the molecule is CC12C=C(CN(Cc3ccccc3)C1)C[C@@](C)(CO)C2. The van der Waals surface area contributed by atoms with Gasteiger partial charge in [-0.25, -0.2) is 0 Å². The van der Waals surface area contributed by atoms with Crippen LogP contribution in [0, 0.1) is 10.8 Å². The van der Waals surface area contributed by atoms with E-state index in [1.54, 1.807) is 0 Å². The number of hydrogen-bond acceptors (Lipinski definition) is 2. The molecule has 0 radical (unpaired) electrons. The lowest BCUT2D eigenvalue weighted by Crippen LogP contribution is -2.47. The largest absolute Gasteiger partial charge is 0.396 e. The topological polar surface area (TPSA) is 23.5 Å². The lowest BCUT2D eigenvalue weighted by Gasteiger charge is -2.49. The van der Waals surface area contributed by atoms with E-state index < -0.39 is 0 Å². The predicted octanol–water partition coefficient (Wildman–Crippen LogP) is 3.23.